The van der Waals surface area contributed by atoms with Gasteiger partial charge in [0.25, 0.3) is 0 Å². The second-order valence-electron chi connectivity index (χ2n) is 4.26. The van der Waals surface area contributed by atoms with Crippen molar-refractivity contribution < 1.29 is 0 Å². The summed E-state index contributed by atoms with van der Waals surface area (Å²) in [6, 6.07) is 0. The zero-order chi connectivity index (χ0) is 9.52. The molecule has 1 N–H and O–H groups in total. The van der Waals surface area contributed by atoms with Gasteiger partial charge in [0, 0.05) is 0 Å². The van der Waals surface area contributed by atoms with Crippen LogP contribution in [0.25, 0.3) is 0 Å². The minimum Gasteiger partial charge on any atom is -0.317 e. The van der Waals surface area contributed by atoms with Crippen molar-refractivity contribution in [3.63, 3.8) is 0 Å². The van der Waals surface area contributed by atoms with Crippen molar-refractivity contribution in [3.8, 4) is 0 Å². The van der Waals surface area contributed by atoms with Crippen molar-refractivity contribution in [3.05, 3.63) is 0 Å². The second kappa shape index (κ2) is 6.72. The maximum Gasteiger partial charge on any atom is -0.000968 e. The smallest absolute Gasteiger partial charge is 0.000968 e. The van der Waals surface area contributed by atoms with E-state index in [2.05, 4.69) is 30.9 Å². The summed E-state index contributed by atoms with van der Waals surface area (Å²) in [6.45, 7) is 7.08. The van der Waals surface area contributed by atoms with Crippen LogP contribution in [0.4, 0.5) is 0 Å². The van der Waals surface area contributed by atoms with E-state index in [4.69, 9.17) is 0 Å². The largest absolute Gasteiger partial charge is 0.317 e. The number of nitrogens with one attached hydrogen (secondary N) is 1. The fraction of sp³-hybridized carbons (Fsp3) is 1.00. The van der Waals surface area contributed by atoms with Crippen molar-refractivity contribution in [2.45, 2.75) is 44.8 Å². The topological polar surface area (TPSA) is 12.0 Å². The third-order valence-corrected chi connectivity index (χ3v) is 3.86. The molecule has 0 saturated carbocycles. The lowest BCUT2D eigenvalue weighted by Crippen LogP contribution is -2.27. The van der Waals surface area contributed by atoms with Crippen LogP contribution in [0.1, 0.15) is 39.5 Å². The van der Waals surface area contributed by atoms with Gasteiger partial charge in [-0.3, -0.25) is 0 Å². The quantitative estimate of drug-likeness (QED) is 0.686. The summed E-state index contributed by atoms with van der Waals surface area (Å²) >= 11 is 2.10. The molecule has 0 atom stereocenters. The van der Waals surface area contributed by atoms with Gasteiger partial charge in [0.05, 0.1) is 0 Å². The SMILES string of the molecule is CC(C)SCCCC1CCNCC1. The van der Waals surface area contributed by atoms with E-state index in [0.717, 1.165) is 11.2 Å². The third-order valence-electron chi connectivity index (χ3n) is 2.67. The Morgan fingerprint density at radius 2 is 2.00 bits per heavy atom. The zero-order valence-electron chi connectivity index (χ0n) is 9.01. The Bertz CT molecular complexity index is 119. The Balaban J connectivity index is 1.92. The third kappa shape index (κ3) is 5.58. The van der Waals surface area contributed by atoms with Gasteiger partial charge in [-0.15, -0.1) is 0 Å². The average molecular weight is 201 g/mol. The molecule has 0 aromatic heterocycles. The molecule has 1 rings (SSSR count). The van der Waals surface area contributed by atoms with Crippen molar-refractivity contribution in [2.24, 2.45) is 5.92 Å². The van der Waals surface area contributed by atoms with Crippen LogP contribution in [0, 0.1) is 5.92 Å². The normalized spacial score (nSPS) is 19.6. The summed E-state index contributed by atoms with van der Waals surface area (Å²) in [5.74, 6) is 2.38. The second-order valence-corrected chi connectivity index (χ2v) is 5.94. The van der Waals surface area contributed by atoms with E-state index in [0.29, 0.717) is 0 Å². The highest BCUT2D eigenvalue weighted by Gasteiger charge is 2.11. The van der Waals surface area contributed by atoms with Crippen molar-refractivity contribution in [1.29, 1.82) is 0 Å². The van der Waals surface area contributed by atoms with E-state index in [1.807, 2.05) is 0 Å². The predicted molar refractivity (Wildman–Crippen MR) is 62.4 cm³/mol. The number of piperidine rings is 1. The summed E-state index contributed by atoms with van der Waals surface area (Å²) in [5.41, 5.74) is 0. The Kier molecular flexibility index (Phi) is 5.88. The summed E-state index contributed by atoms with van der Waals surface area (Å²) in [7, 11) is 0. The summed E-state index contributed by atoms with van der Waals surface area (Å²) in [6.07, 6.45) is 5.70. The molecule has 0 aromatic carbocycles. The highest BCUT2D eigenvalue weighted by molar-refractivity contribution is 7.99. The standard InChI is InChI=1S/C11H23NS/c1-10(2)13-9-3-4-11-5-7-12-8-6-11/h10-12H,3-9H2,1-2H3. The highest BCUT2D eigenvalue weighted by Crippen LogP contribution is 2.20. The minimum atomic E-state index is 0.813. The van der Waals surface area contributed by atoms with E-state index in [1.54, 1.807) is 0 Å². The summed E-state index contributed by atoms with van der Waals surface area (Å²) in [4.78, 5) is 0. The minimum absolute atomic E-state index is 0.813. The van der Waals surface area contributed by atoms with Gasteiger partial charge in [-0.25, -0.2) is 0 Å². The van der Waals surface area contributed by atoms with Gasteiger partial charge in [0.1, 0.15) is 0 Å². The molecule has 0 spiro atoms. The van der Waals surface area contributed by atoms with Crippen LogP contribution in [0.5, 0.6) is 0 Å². The molecular formula is C11H23NS. The maximum absolute atomic E-state index is 3.42. The Morgan fingerprint density at radius 3 is 2.62 bits per heavy atom. The molecule has 0 bridgehead atoms. The lowest BCUT2D eigenvalue weighted by Gasteiger charge is -2.22. The number of thioether (sulfide) groups is 1. The van der Waals surface area contributed by atoms with Gasteiger partial charge in [0.2, 0.25) is 0 Å². The number of rotatable bonds is 5. The van der Waals surface area contributed by atoms with Crippen LogP contribution in [-0.4, -0.2) is 24.1 Å². The Morgan fingerprint density at radius 1 is 1.31 bits per heavy atom. The lowest BCUT2D eigenvalue weighted by molar-refractivity contribution is 0.352. The fourth-order valence-electron chi connectivity index (χ4n) is 1.86. The van der Waals surface area contributed by atoms with Crippen LogP contribution in [-0.2, 0) is 0 Å². The molecule has 0 radical (unpaired) electrons. The van der Waals surface area contributed by atoms with Crippen molar-refractivity contribution >= 4 is 11.8 Å². The molecule has 2 heteroatoms. The van der Waals surface area contributed by atoms with E-state index in [9.17, 15) is 0 Å². The van der Waals surface area contributed by atoms with Gasteiger partial charge >= 0.3 is 0 Å². The van der Waals surface area contributed by atoms with Crippen LogP contribution >= 0.6 is 11.8 Å². The molecule has 1 heterocycles. The van der Waals surface area contributed by atoms with Crippen LogP contribution in [0.3, 0.4) is 0 Å². The van der Waals surface area contributed by atoms with Crippen LogP contribution in [0.15, 0.2) is 0 Å². The first kappa shape index (κ1) is 11.4. The molecule has 1 fully saturated rings. The number of hydrogen-bond acceptors (Lipinski definition) is 2. The van der Waals surface area contributed by atoms with Gasteiger partial charge < -0.3 is 5.32 Å². The number of hydrogen-bond donors (Lipinski definition) is 1. The predicted octanol–water partition coefficient (Wildman–Crippen LogP) is 2.91. The van der Waals surface area contributed by atoms with E-state index >= 15 is 0 Å². The van der Waals surface area contributed by atoms with E-state index < -0.39 is 0 Å². The molecule has 0 amide bonds. The lowest BCUT2D eigenvalue weighted by atomic mass is 9.94. The molecule has 78 valence electrons. The highest BCUT2D eigenvalue weighted by atomic mass is 32.2. The molecule has 0 aliphatic carbocycles. The Labute approximate surface area is 87.1 Å². The molecule has 13 heavy (non-hydrogen) atoms. The molecule has 1 aliphatic rings. The van der Waals surface area contributed by atoms with E-state index in [-0.39, 0.29) is 0 Å². The molecule has 1 nitrogen and oxygen atoms in total. The zero-order valence-corrected chi connectivity index (χ0v) is 9.83. The van der Waals surface area contributed by atoms with E-state index in [1.165, 1.54) is 44.5 Å². The first-order valence-electron chi connectivity index (χ1n) is 5.61. The molecule has 1 saturated heterocycles. The fourth-order valence-corrected chi connectivity index (χ4v) is 2.67. The summed E-state index contributed by atoms with van der Waals surface area (Å²) in [5, 5.41) is 4.23. The van der Waals surface area contributed by atoms with Gasteiger partial charge in [0.15, 0.2) is 0 Å². The van der Waals surface area contributed by atoms with Gasteiger partial charge in [-0.05, 0) is 55.7 Å². The Hall–Kier alpha value is 0.310. The monoisotopic (exact) mass is 201 g/mol. The molecule has 0 aromatic rings. The van der Waals surface area contributed by atoms with Gasteiger partial charge in [-0.1, -0.05) is 13.8 Å². The van der Waals surface area contributed by atoms with Crippen molar-refractivity contribution in [1.82, 2.24) is 5.32 Å². The first-order chi connectivity index (χ1) is 6.29. The van der Waals surface area contributed by atoms with Crippen molar-refractivity contribution in [2.75, 3.05) is 18.8 Å². The van der Waals surface area contributed by atoms with Crippen LogP contribution < -0.4 is 5.32 Å². The average Bonchev–Trinajstić information content (AvgIpc) is 2.14. The maximum atomic E-state index is 3.42. The summed E-state index contributed by atoms with van der Waals surface area (Å²) < 4.78 is 0. The molecule has 1 aliphatic heterocycles. The van der Waals surface area contributed by atoms with Crippen LogP contribution in [0.2, 0.25) is 0 Å². The molecule has 0 unspecified atom stereocenters. The first-order valence-corrected chi connectivity index (χ1v) is 6.66. The molecular weight excluding hydrogens is 178 g/mol. The van der Waals surface area contributed by atoms with Gasteiger partial charge in [-0.2, -0.15) is 11.8 Å².